The van der Waals surface area contributed by atoms with E-state index in [-0.39, 0.29) is 5.91 Å². The lowest BCUT2D eigenvalue weighted by Crippen LogP contribution is -2.41. The summed E-state index contributed by atoms with van der Waals surface area (Å²) in [5.41, 5.74) is 4.19. The molecule has 4 rings (SSSR count). The fourth-order valence-electron chi connectivity index (χ4n) is 4.00. The van der Waals surface area contributed by atoms with Crippen molar-refractivity contribution >= 4 is 17.5 Å². The van der Waals surface area contributed by atoms with Crippen molar-refractivity contribution in [2.24, 2.45) is 0 Å². The summed E-state index contributed by atoms with van der Waals surface area (Å²) in [6, 6.07) is 17.4. The second-order valence-corrected chi connectivity index (χ2v) is 8.16. The molecule has 0 saturated carbocycles. The van der Waals surface area contributed by atoms with Crippen LogP contribution in [-0.2, 0) is 4.74 Å². The average molecular weight is 454 g/mol. The Morgan fingerprint density at radius 1 is 1.12 bits per heavy atom. The summed E-state index contributed by atoms with van der Waals surface area (Å²) in [7, 11) is 1.64. The largest absolute Gasteiger partial charge is 0.497 e. The third kappa shape index (κ3) is 4.83. The molecule has 1 amide bonds. The second-order valence-electron chi connectivity index (χ2n) is 7.75. The predicted octanol–water partition coefficient (Wildman–Crippen LogP) is 4.18. The third-order valence-corrected chi connectivity index (χ3v) is 6.11. The van der Waals surface area contributed by atoms with Gasteiger partial charge in [-0.25, -0.2) is 0 Å². The molecular formula is C25H28ClN3O3. The Hall–Kier alpha value is -2.80. The second kappa shape index (κ2) is 10.2. The summed E-state index contributed by atoms with van der Waals surface area (Å²) in [5.74, 6) is 0.693. The first-order valence-corrected chi connectivity index (χ1v) is 11.2. The fourth-order valence-corrected chi connectivity index (χ4v) is 4.22. The number of para-hydroxylation sites is 1. The monoisotopic (exact) mass is 453 g/mol. The van der Waals surface area contributed by atoms with Crippen LogP contribution < -0.4 is 10.1 Å². The Bertz CT molecular complexity index is 1070. The molecule has 1 aromatic heterocycles. The zero-order valence-electron chi connectivity index (χ0n) is 18.4. The normalized spacial score (nSPS) is 14.3. The number of carbonyl (C=O) groups excluding carboxylic acids is 1. The summed E-state index contributed by atoms with van der Waals surface area (Å²) in [6.45, 7) is 6.65. The fraction of sp³-hybridized carbons (Fsp3) is 0.320. The van der Waals surface area contributed by atoms with Crippen LogP contribution in [0.2, 0.25) is 5.02 Å². The van der Waals surface area contributed by atoms with Crippen LogP contribution in [0.4, 0.5) is 0 Å². The Labute approximate surface area is 193 Å². The van der Waals surface area contributed by atoms with Crippen molar-refractivity contribution in [3.8, 4) is 22.7 Å². The molecule has 3 aromatic rings. The van der Waals surface area contributed by atoms with Gasteiger partial charge in [0.05, 0.1) is 42.3 Å². The first-order chi connectivity index (χ1) is 15.6. The quantitative estimate of drug-likeness (QED) is 0.583. The van der Waals surface area contributed by atoms with E-state index in [0.717, 1.165) is 61.2 Å². The lowest BCUT2D eigenvalue weighted by atomic mass is 10.1. The van der Waals surface area contributed by atoms with Gasteiger partial charge in [-0.15, -0.1) is 0 Å². The molecule has 168 valence electrons. The maximum Gasteiger partial charge on any atom is 0.253 e. The van der Waals surface area contributed by atoms with Crippen molar-refractivity contribution in [2.75, 3.05) is 46.5 Å². The minimum absolute atomic E-state index is 0.0867. The summed E-state index contributed by atoms with van der Waals surface area (Å²) in [6.07, 6.45) is 0. The van der Waals surface area contributed by atoms with Gasteiger partial charge in [-0.3, -0.25) is 9.69 Å². The molecule has 6 nitrogen and oxygen atoms in total. The first kappa shape index (κ1) is 22.4. The van der Waals surface area contributed by atoms with Gasteiger partial charge in [-0.05, 0) is 55.0 Å². The number of rotatable bonds is 7. The van der Waals surface area contributed by atoms with Gasteiger partial charge in [-0.1, -0.05) is 23.7 Å². The summed E-state index contributed by atoms with van der Waals surface area (Å²) < 4.78 is 12.7. The van der Waals surface area contributed by atoms with Crippen molar-refractivity contribution in [1.82, 2.24) is 14.8 Å². The number of carbonyl (C=O) groups is 1. The zero-order chi connectivity index (χ0) is 22.5. The molecule has 1 saturated heterocycles. The number of aromatic nitrogens is 1. The highest BCUT2D eigenvalue weighted by molar-refractivity contribution is 6.32. The molecule has 1 fully saturated rings. The topological polar surface area (TPSA) is 55.7 Å². The standard InChI is InChI=1S/C25H28ClN3O3/c1-18-21(25(30)27-11-12-28-13-15-32-16-14-28)17-24(19-7-9-20(31-2)10-8-19)29(18)23-6-4-3-5-22(23)26/h3-10,17H,11-16H2,1-2H3,(H,27,30). The van der Waals surface area contributed by atoms with Gasteiger partial charge in [0.1, 0.15) is 5.75 Å². The lowest BCUT2D eigenvalue weighted by molar-refractivity contribution is 0.0383. The minimum Gasteiger partial charge on any atom is -0.497 e. The van der Waals surface area contributed by atoms with Crippen LogP contribution in [0.15, 0.2) is 54.6 Å². The maximum atomic E-state index is 13.1. The van der Waals surface area contributed by atoms with E-state index in [1.54, 1.807) is 7.11 Å². The van der Waals surface area contributed by atoms with Gasteiger partial charge >= 0.3 is 0 Å². The van der Waals surface area contributed by atoms with Crippen molar-refractivity contribution in [3.63, 3.8) is 0 Å². The van der Waals surface area contributed by atoms with E-state index in [0.29, 0.717) is 17.1 Å². The number of morpholine rings is 1. The van der Waals surface area contributed by atoms with Crippen molar-refractivity contribution in [2.45, 2.75) is 6.92 Å². The number of hydrogen-bond donors (Lipinski definition) is 1. The molecule has 32 heavy (non-hydrogen) atoms. The van der Waals surface area contributed by atoms with E-state index in [9.17, 15) is 4.79 Å². The van der Waals surface area contributed by atoms with Crippen molar-refractivity contribution in [3.05, 3.63) is 70.9 Å². The Morgan fingerprint density at radius 3 is 2.53 bits per heavy atom. The van der Waals surface area contributed by atoms with Gasteiger partial charge in [0.15, 0.2) is 0 Å². The van der Waals surface area contributed by atoms with Crippen LogP contribution in [-0.4, -0.2) is 61.9 Å². The SMILES string of the molecule is COc1ccc(-c2cc(C(=O)NCCN3CCOCC3)c(C)n2-c2ccccc2Cl)cc1. The highest BCUT2D eigenvalue weighted by atomic mass is 35.5. The zero-order valence-corrected chi connectivity index (χ0v) is 19.2. The minimum atomic E-state index is -0.0867. The predicted molar refractivity (Wildman–Crippen MR) is 127 cm³/mol. The number of amides is 1. The Morgan fingerprint density at radius 2 is 1.84 bits per heavy atom. The number of nitrogens with one attached hydrogen (secondary N) is 1. The Balaban J connectivity index is 1.64. The van der Waals surface area contributed by atoms with Gasteiger partial charge in [0.2, 0.25) is 0 Å². The highest BCUT2D eigenvalue weighted by Gasteiger charge is 2.21. The average Bonchev–Trinajstić information content (AvgIpc) is 3.17. The van der Waals surface area contributed by atoms with Crippen LogP contribution in [0.1, 0.15) is 16.1 Å². The number of halogens is 1. The number of nitrogens with zero attached hydrogens (tertiary/aromatic N) is 2. The number of ether oxygens (including phenoxy) is 2. The summed E-state index contributed by atoms with van der Waals surface area (Å²) >= 11 is 6.54. The third-order valence-electron chi connectivity index (χ3n) is 5.79. The van der Waals surface area contributed by atoms with Crippen LogP contribution >= 0.6 is 11.6 Å². The number of hydrogen-bond acceptors (Lipinski definition) is 4. The molecule has 1 N–H and O–H groups in total. The van der Waals surface area contributed by atoms with Crippen molar-refractivity contribution in [1.29, 1.82) is 0 Å². The van der Waals surface area contributed by atoms with E-state index in [4.69, 9.17) is 21.1 Å². The lowest BCUT2D eigenvalue weighted by Gasteiger charge is -2.26. The van der Waals surface area contributed by atoms with Gasteiger partial charge in [0, 0.05) is 31.9 Å². The van der Waals surface area contributed by atoms with Gasteiger partial charge in [-0.2, -0.15) is 0 Å². The molecule has 1 aliphatic heterocycles. The molecular weight excluding hydrogens is 426 g/mol. The van der Waals surface area contributed by atoms with Crippen LogP contribution in [0.25, 0.3) is 16.9 Å². The summed E-state index contributed by atoms with van der Waals surface area (Å²) in [5, 5.41) is 3.70. The molecule has 0 atom stereocenters. The summed E-state index contributed by atoms with van der Waals surface area (Å²) in [4.78, 5) is 15.4. The van der Waals surface area contributed by atoms with Crippen LogP contribution in [0.3, 0.4) is 0 Å². The molecule has 2 heterocycles. The molecule has 7 heteroatoms. The molecule has 0 spiro atoms. The van der Waals surface area contributed by atoms with Crippen molar-refractivity contribution < 1.29 is 14.3 Å². The number of methoxy groups -OCH3 is 1. The smallest absolute Gasteiger partial charge is 0.253 e. The number of benzene rings is 2. The van der Waals surface area contributed by atoms with Crippen LogP contribution in [0.5, 0.6) is 5.75 Å². The van der Waals surface area contributed by atoms with Gasteiger partial charge < -0.3 is 19.4 Å². The van der Waals surface area contributed by atoms with E-state index in [1.807, 2.05) is 66.1 Å². The molecule has 1 aliphatic rings. The highest BCUT2D eigenvalue weighted by Crippen LogP contribution is 2.33. The molecule has 0 radical (unpaired) electrons. The Kier molecular flexibility index (Phi) is 7.15. The molecule has 0 unspecified atom stereocenters. The van der Waals surface area contributed by atoms with Crippen LogP contribution in [0, 0.1) is 6.92 Å². The van der Waals surface area contributed by atoms with E-state index in [1.165, 1.54) is 0 Å². The first-order valence-electron chi connectivity index (χ1n) is 10.8. The van der Waals surface area contributed by atoms with E-state index in [2.05, 4.69) is 10.2 Å². The maximum absolute atomic E-state index is 13.1. The molecule has 0 aliphatic carbocycles. The molecule has 0 bridgehead atoms. The molecule has 2 aromatic carbocycles. The van der Waals surface area contributed by atoms with Gasteiger partial charge in [0.25, 0.3) is 5.91 Å². The van der Waals surface area contributed by atoms with E-state index >= 15 is 0 Å². The van der Waals surface area contributed by atoms with E-state index < -0.39 is 0 Å².